The van der Waals surface area contributed by atoms with Gasteiger partial charge in [-0.3, -0.25) is 4.79 Å². The van der Waals surface area contributed by atoms with E-state index < -0.39 is 5.56 Å². The Kier molecular flexibility index (Phi) is 2.32. The molecule has 3 aromatic rings. The number of nitrogens with zero attached hydrogens (tertiary/aromatic N) is 2. The number of aromatic nitrogens is 3. The monoisotopic (exact) mass is 251 g/mol. The van der Waals surface area contributed by atoms with Crippen LogP contribution in [-0.2, 0) is 0 Å². The van der Waals surface area contributed by atoms with Crippen molar-refractivity contribution in [1.29, 1.82) is 5.26 Å². The Morgan fingerprint density at radius 2 is 2.05 bits per heavy atom. The SMILES string of the molecule is N#Cc1cc(-c2nc3ccccc3[nH]2)c(N)[nH]c1=O. The minimum atomic E-state index is -0.500. The second-order valence-corrected chi connectivity index (χ2v) is 4.05. The van der Waals surface area contributed by atoms with Crippen LogP contribution in [0.25, 0.3) is 22.4 Å². The molecule has 0 unspecified atom stereocenters. The maximum Gasteiger partial charge on any atom is 0.267 e. The van der Waals surface area contributed by atoms with E-state index in [1.54, 1.807) is 0 Å². The normalized spacial score (nSPS) is 10.5. The van der Waals surface area contributed by atoms with Crippen LogP contribution in [-0.4, -0.2) is 15.0 Å². The highest BCUT2D eigenvalue weighted by atomic mass is 16.1. The summed E-state index contributed by atoms with van der Waals surface area (Å²) in [5, 5.41) is 8.88. The van der Waals surface area contributed by atoms with Crippen LogP contribution < -0.4 is 11.3 Å². The molecule has 0 aliphatic rings. The van der Waals surface area contributed by atoms with Crippen molar-refractivity contribution in [3.05, 3.63) is 46.2 Å². The number of imidazole rings is 1. The van der Waals surface area contributed by atoms with E-state index in [1.807, 2.05) is 30.3 Å². The van der Waals surface area contributed by atoms with Gasteiger partial charge in [-0.25, -0.2) is 4.98 Å². The van der Waals surface area contributed by atoms with Crippen LogP contribution in [0, 0.1) is 11.3 Å². The molecular formula is C13H9N5O. The first kappa shape index (κ1) is 11.0. The number of rotatable bonds is 1. The molecule has 0 saturated heterocycles. The standard InChI is InChI=1S/C13H9N5O/c14-6-7-5-8(11(15)18-13(7)19)12-16-9-3-1-2-4-10(9)17-12/h1-5H,(H,16,17)(H3,15,18,19). The number of pyridine rings is 1. The van der Waals surface area contributed by atoms with Gasteiger partial charge in [0.1, 0.15) is 23.3 Å². The Labute approximate surface area is 107 Å². The molecule has 0 amide bonds. The van der Waals surface area contributed by atoms with Crippen LogP contribution in [0.1, 0.15) is 5.56 Å². The zero-order valence-electron chi connectivity index (χ0n) is 9.77. The second-order valence-electron chi connectivity index (χ2n) is 4.05. The molecule has 2 aromatic heterocycles. The van der Waals surface area contributed by atoms with E-state index in [0.29, 0.717) is 11.4 Å². The summed E-state index contributed by atoms with van der Waals surface area (Å²) in [4.78, 5) is 21.4. The topological polar surface area (TPSA) is 111 Å². The highest BCUT2D eigenvalue weighted by Crippen LogP contribution is 2.23. The summed E-state index contributed by atoms with van der Waals surface area (Å²) in [5.74, 6) is 0.703. The molecule has 0 bridgehead atoms. The Balaban J connectivity index is 2.27. The number of nitrogen functional groups attached to an aromatic ring is 1. The fourth-order valence-electron chi connectivity index (χ4n) is 1.90. The van der Waals surface area contributed by atoms with Crippen molar-refractivity contribution in [3.63, 3.8) is 0 Å². The van der Waals surface area contributed by atoms with Gasteiger partial charge in [0.05, 0.1) is 16.6 Å². The van der Waals surface area contributed by atoms with Crippen molar-refractivity contribution in [2.45, 2.75) is 0 Å². The summed E-state index contributed by atoms with van der Waals surface area (Å²) >= 11 is 0. The van der Waals surface area contributed by atoms with Gasteiger partial charge >= 0.3 is 0 Å². The summed E-state index contributed by atoms with van der Waals surface area (Å²) in [6.07, 6.45) is 0. The average Bonchev–Trinajstić information content (AvgIpc) is 2.82. The summed E-state index contributed by atoms with van der Waals surface area (Å²) in [6.45, 7) is 0. The van der Waals surface area contributed by atoms with Crippen molar-refractivity contribution < 1.29 is 0 Å². The van der Waals surface area contributed by atoms with Crippen molar-refractivity contribution in [2.24, 2.45) is 0 Å². The van der Waals surface area contributed by atoms with E-state index in [1.165, 1.54) is 6.07 Å². The number of benzene rings is 1. The van der Waals surface area contributed by atoms with E-state index in [9.17, 15) is 4.79 Å². The van der Waals surface area contributed by atoms with Gasteiger partial charge < -0.3 is 15.7 Å². The van der Waals surface area contributed by atoms with E-state index in [2.05, 4.69) is 15.0 Å². The van der Waals surface area contributed by atoms with Crippen LogP contribution in [0.4, 0.5) is 5.82 Å². The predicted octanol–water partition coefficient (Wildman–Crippen LogP) is 1.37. The molecular weight excluding hydrogens is 242 g/mol. The van der Waals surface area contributed by atoms with Crippen molar-refractivity contribution >= 4 is 16.9 Å². The molecule has 1 aromatic carbocycles. The molecule has 0 saturated carbocycles. The molecule has 0 aliphatic heterocycles. The number of para-hydroxylation sites is 2. The van der Waals surface area contributed by atoms with E-state index in [0.717, 1.165) is 11.0 Å². The lowest BCUT2D eigenvalue weighted by Gasteiger charge is -2.01. The van der Waals surface area contributed by atoms with Crippen LogP contribution in [0.3, 0.4) is 0 Å². The molecule has 2 heterocycles. The lowest BCUT2D eigenvalue weighted by Crippen LogP contribution is -2.13. The van der Waals surface area contributed by atoms with Gasteiger partial charge in [0.25, 0.3) is 5.56 Å². The molecule has 0 radical (unpaired) electrons. The highest BCUT2D eigenvalue weighted by Gasteiger charge is 2.11. The van der Waals surface area contributed by atoms with Crippen molar-refractivity contribution in [3.8, 4) is 17.5 Å². The molecule has 4 N–H and O–H groups in total. The average molecular weight is 251 g/mol. The quantitative estimate of drug-likeness (QED) is 0.606. The van der Waals surface area contributed by atoms with Crippen LogP contribution >= 0.6 is 0 Å². The number of fused-ring (bicyclic) bond motifs is 1. The molecule has 92 valence electrons. The number of aromatic amines is 2. The van der Waals surface area contributed by atoms with Crippen molar-refractivity contribution in [2.75, 3.05) is 5.73 Å². The van der Waals surface area contributed by atoms with Gasteiger partial charge in [-0.15, -0.1) is 0 Å². The minimum absolute atomic E-state index is 0.00431. The Bertz CT molecular complexity index is 836. The Morgan fingerprint density at radius 3 is 2.79 bits per heavy atom. The van der Waals surface area contributed by atoms with Crippen LogP contribution in [0.2, 0.25) is 0 Å². The third kappa shape index (κ3) is 1.73. The first-order chi connectivity index (χ1) is 9.19. The second kappa shape index (κ2) is 3.99. The number of nitrogens with two attached hydrogens (primary N) is 1. The Hall–Kier alpha value is -3.07. The van der Waals surface area contributed by atoms with Crippen LogP contribution in [0.15, 0.2) is 35.1 Å². The third-order valence-electron chi connectivity index (χ3n) is 2.84. The molecule has 0 fully saturated rings. The van der Waals surface area contributed by atoms with Gasteiger partial charge in [-0.1, -0.05) is 12.1 Å². The van der Waals surface area contributed by atoms with Gasteiger partial charge in [-0.2, -0.15) is 5.26 Å². The summed E-state index contributed by atoms with van der Waals surface area (Å²) in [6, 6.07) is 10.8. The molecule has 0 spiro atoms. The molecule has 6 heteroatoms. The third-order valence-corrected chi connectivity index (χ3v) is 2.84. The smallest absolute Gasteiger partial charge is 0.267 e. The summed E-state index contributed by atoms with van der Waals surface area (Å²) in [7, 11) is 0. The molecule has 3 rings (SSSR count). The van der Waals surface area contributed by atoms with E-state index >= 15 is 0 Å². The predicted molar refractivity (Wildman–Crippen MR) is 71.3 cm³/mol. The molecule has 19 heavy (non-hydrogen) atoms. The van der Waals surface area contributed by atoms with Gasteiger partial charge in [0, 0.05) is 0 Å². The van der Waals surface area contributed by atoms with E-state index in [4.69, 9.17) is 11.0 Å². The highest BCUT2D eigenvalue weighted by molar-refractivity contribution is 5.81. The number of hydrogen-bond acceptors (Lipinski definition) is 4. The maximum absolute atomic E-state index is 11.4. The summed E-state index contributed by atoms with van der Waals surface area (Å²) < 4.78 is 0. The van der Waals surface area contributed by atoms with Gasteiger partial charge in [0.2, 0.25) is 0 Å². The largest absolute Gasteiger partial charge is 0.385 e. The number of nitriles is 1. The molecule has 6 nitrogen and oxygen atoms in total. The number of H-pyrrole nitrogens is 2. The molecule has 0 aliphatic carbocycles. The van der Waals surface area contributed by atoms with Crippen molar-refractivity contribution in [1.82, 2.24) is 15.0 Å². The zero-order valence-corrected chi connectivity index (χ0v) is 9.77. The fourth-order valence-corrected chi connectivity index (χ4v) is 1.90. The maximum atomic E-state index is 11.4. The number of hydrogen-bond donors (Lipinski definition) is 3. The lowest BCUT2D eigenvalue weighted by molar-refractivity contribution is 1.21. The summed E-state index contributed by atoms with van der Waals surface area (Å²) in [5.41, 5.74) is 7.44. The van der Waals surface area contributed by atoms with Gasteiger partial charge in [0.15, 0.2) is 0 Å². The number of nitrogens with one attached hydrogen (secondary N) is 2. The Morgan fingerprint density at radius 1 is 1.26 bits per heavy atom. The fraction of sp³-hybridized carbons (Fsp3) is 0. The lowest BCUT2D eigenvalue weighted by atomic mass is 10.2. The minimum Gasteiger partial charge on any atom is -0.385 e. The number of anilines is 1. The molecule has 0 atom stereocenters. The first-order valence-electron chi connectivity index (χ1n) is 5.57. The first-order valence-corrected chi connectivity index (χ1v) is 5.57. The van der Waals surface area contributed by atoms with E-state index in [-0.39, 0.29) is 11.4 Å². The van der Waals surface area contributed by atoms with Gasteiger partial charge in [-0.05, 0) is 18.2 Å². The zero-order chi connectivity index (χ0) is 13.4. The van der Waals surface area contributed by atoms with Crippen LogP contribution in [0.5, 0.6) is 0 Å².